The number of unbranched alkanes of at least 4 members (excludes halogenated alkanes) is 1. The Morgan fingerprint density at radius 3 is 1.83 bits per heavy atom. The van der Waals surface area contributed by atoms with Crippen LogP contribution in [0.15, 0.2) is 0 Å². The van der Waals surface area contributed by atoms with Crippen molar-refractivity contribution in [1.82, 2.24) is 0 Å². The molecule has 4 unspecified atom stereocenters. The molecule has 2 aliphatic carbocycles. The first kappa shape index (κ1) is 19.2. The summed E-state index contributed by atoms with van der Waals surface area (Å²) in [5.41, 5.74) is 1.39. The summed E-state index contributed by atoms with van der Waals surface area (Å²) in [6, 6.07) is 0. The summed E-state index contributed by atoms with van der Waals surface area (Å²) in [4.78, 5) is 0. The molecular formula is C21H40O2. The molecule has 0 radical (unpaired) electrons. The number of aliphatic hydroxyl groups excluding tert-OH is 2. The maximum absolute atomic E-state index is 9.40. The number of fused-ring (bicyclic) bond motifs is 2. The van der Waals surface area contributed by atoms with E-state index in [0.717, 1.165) is 18.8 Å². The SMILES string of the molecule is CCCCC1(C)CC2CC(C)(CCCO)CC(CCCO)(C2)C1. The molecule has 2 aliphatic rings. The molecule has 0 saturated heterocycles. The van der Waals surface area contributed by atoms with Crippen LogP contribution in [-0.2, 0) is 0 Å². The van der Waals surface area contributed by atoms with E-state index in [1.54, 1.807) is 0 Å². The molecule has 2 fully saturated rings. The minimum Gasteiger partial charge on any atom is -0.396 e. The van der Waals surface area contributed by atoms with Crippen LogP contribution in [0, 0.1) is 22.2 Å². The molecule has 0 aromatic carbocycles. The molecule has 2 nitrogen and oxygen atoms in total. The average Bonchev–Trinajstić information content (AvgIpc) is 2.48. The van der Waals surface area contributed by atoms with Crippen LogP contribution in [0.25, 0.3) is 0 Å². The van der Waals surface area contributed by atoms with Crippen molar-refractivity contribution in [3.05, 3.63) is 0 Å². The molecule has 2 bridgehead atoms. The second-order valence-corrected chi connectivity index (χ2v) is 9.71. The molecule has 136 valence electrons. The Hall–Kier alpha value is -0.0800. The van der Waals surface area contributed by atoms with Crippen molar-refractivity contribution in [3.8, 4) is 0 Å². The molecule has 0 heterocycles. The van der Waals surface area contributed by atoms with Gasteiger partial charge < -0.3 is 10.2 Å². The van der Waals surface area contributed by atoms with Gasteiger partial charge >= 0.3 is 0 Å². The zero-order valence-corrected chi connectivity index (χ0v) is 15.9. The van der Waals surface area contributed by atoms with Crippen molar-refractivity contribution in [2.24, 2.45) is 22.2 Å². The van der Waals surface area contributed by atoms with Gasteiger partial charge in [-0.2, -0.15) is 0 Å². The smallest absolute Gasteiger partial charge is 0.0431 e. The van der Waals surface area contributed by atoms with Crippen molar-refractivity contribution >= 4 is 0 Å². The minimum absolute atomic E-state index is 0.331. The Labute approximate surface area is 144 Å². The van der Waals surface area contributed by atoms with Gasteiger partial charge in [0, 0.05) is 13.2 Å². The lowest BCUT2D eigenvalue weighted by molar-refractivity contribution is -0.0780. The third-order valence-corrected chi connectivity index (χ3v) is 6.83. The quantitative estimate of drug-likeness (QED) is 0.603. The van der Waals surface area contributed by atoms with E-state index in [9.17, 15) is 10.2 Å². The van der Waals surface area contributed by atoms with Crippen LogP contribution in [0.3, 0.4) is 0 Å². The third kappa shape index (κ3) is 4.95. The maximum atomic E-state index is 9.40. The molecule has 0 aromatic rings. The van der Waals surface area contributed by atoms with Gasteiger partial charge in [-0.05, 0) is 86.4 Å². The Bertz CT molecular complexity index is 338. The van der Waals surface area contributed by atoms with E-state index in [4.69, 9.17) is 0 Å². The summed E-state index contributed by atoms with van der Waals surface area (Å²) in [6.45, 7) is 7.99. The fourth-order valence-corrected chi connectivity index (χ4v) is 6.61. The lowest BCUT2D eigenvalue weighted by Gasteiger charge is -2.58. The Kier molecular flexibility index (Phi) is 6.58. The topological polar surface area (TPSA) is 40.5 Å². The summed E-state index contributed by atoms with van der Waals surface area (Å²) in [7, 11) is 0. The molecule has 0 aromatic heterocycles. The van der Waals surface area contributed by atoms with Gasteiger partial charge in [-0.15, -0.1) is 0 Å². The molecule has 2 N–H and O–H groups in total. The Balaban J connectivity index is 2.15. The molecule has 2 rings (SSSR count). The zero-order valence-electron chi connectivity index (χ0n) is 15.9. The van der Waals surface area contributed by atoms with Gasteiger partial charge in [0.2, 0.25) is 0 Å². The van der Waals surface area contributed by atoms with Crippen LogP contribution in [0.5, 0.6) is 0 Å². The molecule has 0 aliphatic heterocycles. The van der Waals surface area contributed by atoms with Crippen LogP contribution in [0.2, 0.25) is 0 Å². The molecule has 0 spiro atoms. The lowest BCUT2D eigenvalue weighted by Crippen LogP contribution is -2.47. The Morgan fingerprint density at radius 1 is 0.783 bits per heavy atom. The number of hydrogen-bond acceptors (Lipinski definition) is 2. The summed E-state index contributed by atoms with van der Waals surface area (Å²) in [6.07, 6.45) is 15.2. The zero-order chi connectivity index (χ0) is 17.0. The van der Waals surface area contributed by atoms with Crippen molar-refractivity contribution in [3.63, 3.8) is 0 Å². The van der Waals surface area contributed by atoms with E-state index in [0.29, 0.717) is 29.5 Å². The molecular weight excluding hydrogens is 284 g/mol. The molecule has 23 heavy (non-hydrogen) atoms. The third-order valence-electron chi connectivity index (χ3n) is 6.83. The molecule has 4 atom stereocenters. The Morgan fingerprint density at radius 2 is 1.30 bits per heavy atom. The lowest BCUT2D eigenvalue weighted by atomic mass is 9.47. The van der Waals surface area contributed by atoms with Crippen LogP contribution >= 0.6 is 0 Å². The minimum atomic E-state index is 0.331. The van der Waals surface area contributed by atoms with Gasteiger partial charge in [-0.25, -0.2) is 0 Å². The maximum Gasteiger partial charge on any atom is 0.0431 e. The average molecular weight is 325 g/mol. The highest BCUT2D eigenvalue weighted by Gasteiger charge is 2.52. The van der Waals surface area contributed by atoms with E-state index >= 15 is 0 Å². The monoisotopic (exact) mass is 324 g/mol. The standard InChI is InChI=1S/C21H40O2/c1-4-5-8-19(2)13-18-14-20(3,9-6-11-22)17-21(15-18,16-19)10-7-12-23/h18,22-23H,4-17H2,1-3H3. The van der Waals surface area contributed by atoms with Crippen LogP contribution in [-0.4, -0.2) is 23.4 Å². The molecule has 2 heteroatoms. The van der Waals surface area contributed by atoms with Gasteiger partial charge in [0.15, 0.2) is 0 Å². The first-order valence-electron chi connectivity index (χ1n) is 10.1. The molecule has 0 amide bonds. The predicted molar refractivity (Wildman–Crippen MR) is 97.4 cm³/mol. The second-order valence-electron chi connectivity index (χ2n) is 9.71. The van der Waals surface area contributed by atoms with E-state index in [2.05, 4.69) is 20.8 Å². The van der Waals surface area contributed by atoms with Crippen molar-refractivity contribution < 1.29 is 10.2 Å². The summed E-state index contributed by atoms with van der Waals surface area (Å²) in [5.74, 6) is 0.863. The summed E-state index contributed by atoms with van der Waals surface area (Å²) >= 11 is 0. The fourth-order valence-electron chi connectivity index (χ4n) is 6.61. The van der Waals surface area contributed by atoms with Crippen LogP contribution < -0.4 is 0 Å². The summed E-state index contributed by atoms with van der Waals surface area (Å²) < 4.78 is 0. The van der Waals surface area contributed by atoms with Gasteiger partial charge in [0.25, 0.3) is 0 Å². The van der Waals surface area contributed by atoms with Gasteiger partial charge in [0.1, 0.15) is 0 Å². The van der Waals surface area contributed by atoms with E-state index < -0.39 is 0 Å². The van der Waals surface area contributed by atoms with E-state index in [1.807, 2.05) is 0 Å². The highest BCUT2D eigenvalue weighted by Crippen LogP contribution is 2.63. The van der Waals surface area contributed by atoms with Gasteiger partial charge in [-0.3, -0.25) is 0 Å². The highest BCUT2D eigenvalue weighted by atomic mass is 16.3. The van der Waals surface area contributed by atoms with Crippen LogP contribution in [0.4, 0.5) is 0 Å². The van der Waals surface area contributed by atoms with E-state index in [-0.39, 0.29) is 0 Å². The fraction of sp³-hybridized carbons (Fsp3) is 1.00. The number of rotatable bonds is 9. The summed E-state index contributed by atoms with van der Waals surface area (Å²) in [5, 5.41) is 18.7. The number of aliphatic hydroxyl groups is 2. The second kappa shape index (κ2) is 7.87. The predicted octanol–water partition coefficient (Wildman–Crippen LogP) is 5.31. The van der Waals surface area contributed by atoms with Gasteiger partial charge in [-0.1, -0.05) is 33.6 Å². The molecule has 2 saturated carbocycles. The number of hydrogen-bond donors (Lipinski definition) is 2. The van der Waals surface area contributed by atoms with Crippen molar-refractivity contribution in [2.75, 3.05) is 13.2 Å². The van der Waals surface area contributed by atoms with E-state index in [1.165, 1.54) is 64.2 Å². The van der Waals surface area contributed by atoms with Crippen LogP contribution in [0.1, 0.15) is 97.8 Å². The van der Waals surface area contributed by atoms with Crippen molar-refractivity contribution in [1.29, 1.82) is 0 Å². The first-order valence-corrected chi connectivity index (χ1v) is 10.1. The normalized spacial score (nSPS) is 40.3. The first-order chi connectivity index (χ1) is 10.9. The van der Waals surface area contributed by atoms with Gasteiger partial charge in [0.05, 0.1) is 0 Å². The van der Waals surface area contributed by atoms with Crippen molar-refractivity contribution in [2.45, 2.75) is 97.8 Å². The highest BCUT2D eigenvalue weighted by molar-refractivity contribution is 5.03. The largest absolute Gasteiger partial charge is 0.396 e.